The molecule has 1 saturated heterocycles. The lowest BCUT2D eigenvalue weighted by Gasteiger charge is -2.15. The van der Waals surface area contributed by atoms with Crippen molar-refractivity contribution in [2.24, 2.45) is 11.8 Å². The highest BCUT2D eigenvalue weighted by Crippen LogP contribution is 2.38. The fourth-order valence-corrected chi connectivity index (χ4v) is 4.76. The molecule has 2 aliphatic rings. The van der Waals surface area contributed by atoms with Crippen LogP contribution in [0.3, 0.4) is 0 Å². The number of anilines is 2. The van der Waals surface area contributed by atoms with Gasteiger partial charge >= 0.3 is 0 Å². The smallest absolute Gasteiger partial charge is 0.238 e. The van der Waals surface area contributed by atoms with Gasteiger partial charge in [-0.25, -0.2) is 0 Å². The summed E-state index contributed by atoms with van der Waals surface area (Å²) in [6.07, 6.45) is 7.32. The molecule has 0 radical (unpaired) electrons. The number of carbonyl (C=O) groups is 3. The number of carbonyl (C=O) groups excluding carboxylic acids is 3. The number of imide groups is 1. The van der Waals surface area contributed by atoms with Gasteiger partial charge in [-0.1, -0.05) is 25.5 Å². The Balaban J connectivity index is 1.28. The van der Waals surface area contributed by atoms with Gasteiger partial charge in [0.1, 0.15) is 5.75 Å². The molecule has 1 aliphatic heterocycles. The molecule has 0 saturated carbocycles. The third-order valence-electron chi connectivity index (χ3n) is 5.88. The molecule has 0 spiro atoms. The molecule has 0 unspecified atom stereocenters. The molecule has 2 aromatic carbocycles. The van der Waals surface area contributed by atoms with Crippen LogP contribution in [-0.4, -0.2) is 30.1 Å². The van der Waals surface area contributed by atoms with E-state index in [0.29, 0.717) is 25.1 Å². The van der Waals surface area contributed by atoms with Crippen LogP contribution < -0.4 is 15.0 Å². The van der Waals surface area contributed by atoms with Gasteiger partial charge in [-0.05, 0) is 67.8 Å². The second kappa shape index (κ2) is 10.7. The zero-order chi connectivity index (χ0) is 23.2. The minimum atomic E-state index is -0.239. The number of nitrogens with zero attached hydrogens (tertiary/aromatic N) is 1. The lowest BCUT2D eigenvalue weighted by Crippen LogP contribution is -2.30. The van der Waals surface area contributed by atoms with E-state index in [0.717, 1.165) is 29.2 Å². The Morgan fingerprint density at radius 2 is 1.64 bits per heavy atom. The highest BCUT2D eigenvalue weighted by atomic mass is 32.2. The normalized spacial score (nSPS) is 19.5. The molecular weight excluding hydrogens is 436 g/mol. The van der Waals surface area contributed by atoms with E-state index < -0.39 is 0 Å². The fraction of sp³-hybridized carbons (Fsp3) is 0.346. The second-order valence-electron chi connectivity index (χ2n) is 8.22. The van der Waals surface area contributed by atoms with E-state index in [1.165, 1.54) is 16.7 Å². The number of nitrogens with one attached hydrogen (secondary N) is 1. The lowest BCUT2D eigenvalue weighted by molar-refractivity contribution is -0.122. The predicted molar refractivity (Wildman–Crippen MR) is 130 cm³/mol. The molecule has 1 fully saturated rings. The van der Waals surface area contributed by atoms with Gasteiger partial charge in [0.15, 0.2) is 0 Å². The Bertz CT molecular complexity index is 1010. The SMILES string of the molecule is CCCCOc1ccc(NC(=O)CSc2ccc(N3C(=O)[C@@H]4CC=CC[C@H]4C3=O)cc2)cc1. The van der Waals surface area contributed by atoms with Gasteiger partial charge in [-0.2, -0.15) is 0 Å². The van der Waals surface area contributed by atoms with Crippen molar-refractivity contribution >= 4 is 40.9 Å². The van der Waals surface area contributed by atoms with Gasteiger partial charge < -0.3 is 10.1 Å². The molecule has 0 aromatic heterocycles. The average Bonchev–Trinajstić information content (AvgIpc) is 3.09. The van der Waals surface area contributed by atoms with E-state index in [2.05, 4.69) is 12.2 Å². The molecule has 6 nitrogen and oxygen atoms in total. The highest BCUT2D eigenvalue weighted by molar-refractivity contribution is 8.00. The molecule has 2 atom stereocenters. The van der Waals surface area contributed by atoms with Gasteiger partial charge in [0, 0.05) is 10.6 Å². The summed E-state index contributed by atoms with van der Waals surface area (Å²) in [4.78, 5) is 40.0. The van der Waals surface area contributed by atoms with Crippen molar-refractivity contribution in [2.45, 2.75) is 37.5 Å². The maximum Gasteiger partial charge on any atom is 0.238 e. The Hall–Kier alpha value is -3.06. The monoisotopic (exact) mass is 464 g/mol. The summed E-state index contributed by atoms with van der Waals surface area (Å²) in [5, 5.41) is 2.88. The molecule has 33 heavy (non-hydrogen) atoms. The van der Waals surface area contributed by atoms with Crippen molar-refractivity contribution < 1.29 is 19.1 Å². The van der Waals surface area contributed by atoms with Gasteiger partial charge in [0.2, 0.25) is 17.7 Å². The number of unbranched alkanes of at least 4 members (excludes halogenated alkanes) is 1. The summed E-state index contributed by atoms with van der Waals surface area (Å²) in [7, 11) is 0. The van der Waals surface area contributed by atoms with Gasteiger partial charge in [-0.3, -0.25) is 19.3 Å². The van der Waals surface area contributed by atoms with Gasteiger partial charge in [0.25, 0.3) is 0 Å². The molecule has 3 amide bonds. The van der Waals surface area contributed by atoms with Crippen molar-refractivity contribution in [3.05, 3.63) is 60.7 Å². The number of thioether (sulfide) groups is 1. The number of ether oxygens (including phenoxy) is 1. The maximum atomic E-state index is 12.7. The molecule has 4 rings (SSSR count). The number of hydrogen-bond acceptors (Lipinski definition) is 5. The van der Waals surface area contributed by atoms with Crippen molar-refractivity contribution in [3.8, 4) is 5.75 Å². The summed E-state index contributed by atoms with van der Waals surface area (Å²) >= 11 is 1.40. The quantitative estimate of drug-likeness (QED) is 0.243. The first kappa shape index (κ1) is 23.1. The third-order valence-corrected chi connectivity index (χ3v) is 6.89. The second-order valence-corrected chi connectivity index (χ2v) is 9.27. The molecule has 1 N–H and O–H groups in total. The van der Waals surface area contributed by atoms with Crippen LogP contribution in [0.5, 0.6) is 5.75 Å². The molecule has 7 heteroatoms. The lowest BCUT2D eigenvalue weighted by atomic mass is 9.85. The van der Waals surface area contributed by atoms with E-state index in [4.69, 9.17) is 4.74 Å². The third kappa shape index (κ3) is 5.47. The van der Waals surface area contributed by atoms with Crippen LogP contribution in [0.2, 0.25) is 0 Å². The van der Waals surface area contributed by atoms with Crippen molar-refractivity contribution in [1.29, 1.82) is 0 Å². The summed E-state index contributed by atoms with van der Waals surface area (Å²) < 4.78 is 5.63. The molecule has 1 aliphatic carbocycles. The Morgan fingerprint density at radius 1 is 1.00 bits per heavy atom. The van der Waals surface area contributed by atoms with Crippen molar-refractivity contribution in [2.75, 3.05) is 22.6 Å². The largest absolute Gasteiger partial charge is 0.494 e. The minimum absolute atomic E-state index is 0.106. The summed E-state index contributed by atoms with van der Waals surface area (Å²) in [5.74, 6) is 0.235. The maximum absolute atomic E-state index is 12.7. The summed E-state index contributed by atoms with van der Waals surface area (Å²) in [6, 6.07) is 14.6. The Morgan fingerprint density at radius 3 is 2.24 bits per heavy atom. The van der Waals surface area contributed by atoms with E-state index in [9.17, 15) is 14.4 Å². The fourth-order valence-electron chi connectivity index (χ4n) is 4.06. The number of hydrogen-bond donors (Lipinski definition) is 1. The van der Waals surface area contributed by atoms with E-state index >= 15 is 0 Å². The first-order valence-electron chi connectivity index (χ1n) is 11.3. The van der Waals surface area contributed by atoms with Crippen molar-refractivity contribution in [1.82, 2.24) is 0 Å². The van der Waals surface area contributed by atoms with Crippen LogP contribution in [0.4, 0.5) is 11.4 Å². The van der Waals surface area contributed by atoms with Crippen LogP contribution in [0.25, 0.3) is 0 Å². The first-order valence-corrected chi connectivity index (χ1v) is 12.3. The number of benzene rings is 2. The van der Waals surface area contributed by atoms with Crippen LogP contribution in [0.1, 0.15) is 32.6 Å². The van der Waals surface area contributed by atoms with Gasteiger partial charge in [0.05, 0.1) is 29.9 Å². The number of allylic oxidation sites excluding steroid dienone is 2. The van der Waals surface area contributed by atoms with Gasteiger partial charge in [-0.15, -0.1) is 11.8 Å². The number of rotatable bonds is 9. The molecular formula is C26H28N2O4S. The van der Waals surface area contributed by atoms with E-state index in [-0.39, 0.29) is 35.3 Å². The highest BCUT2D eigenvalue weighted by Gasteiger charge is 2.47. The number of fused-ring (bicyclic) bond motifs is 1. The van der Waals surface area contributed by atoms with Crippen LogP contribution in [-0.2, 0) is 14.4 Å². The Kier molecular flexibility index (Phi) is 7.50. The minimum Gasteiger partial charge on any atom is -0.494 e. The van der Waals surface area contributed by atoms with E-state index in [1.807, 2.05) is 48.6 Å². The average molecular weight is 465 g/mol. The first-order chi connectivity index (χ1) is 16.1. The summed E-state index contributed by atoms with van der Waals surface area (Å²) in [6.45, 7) is 2.81. The predicted octanol–water partition coefficient (Wildman–Crippen LogP) is 5.05. The summed E-state index contributed by atoms with van der Waals surface area (Å²) in [5.41, 5.74) is 1.32. The van der Waals surface area contributed by atoms with Crippen LogP contribution in [0.15, 0.2) is 65.6 Å². The van der Waals surface area contributed by atoms with E-state index in [1.54, 1.807) is 12.1 Å². The van der Waals surface area contributed by atoms with Crippen LogP contribution >= 0.6 is 11.8 Å². The molecule has 1 heterocycles. The zero-order valence-corrected chi connectivity index (χ0v) is 19.5. The Labute approximate surface area is 198 Å². The van der Waals surface area contributed by atoms with Crippen molar-refractivity contribution in [3.63, 3.8) is 0 Å². The topological polar surface area (TPSA) is 75.7 Å². The molecule has 172 valence electrons. The molecule has 0 bridgehead atoms. The number of amides is 3. The standard InChI is InChI=1S/C26H28N2O4S/c1-2-3-16-32-20-12-8-18(9-13-20)27-24(29)17-33-21-14-10-19(11-15-21)28-25(30)22-6-4-5-7-23(22)26(28)31/h4-5,8-15,22-23H,2-3,6-7,16-17H2,1H3,(H,27,29)/t22-,23-/m1/s1. The van der Waals surface area contributed by atoms with Crippen LogP contribution in [0, 0.1) is 11.8 Å². The zero-order valence-electron chi connectivity index (χ0n) is 18.7. The molecule has 2 aromatic rings.